The maximum absolute atomic E-state index is 3.67. The largest absolute Gasteiger partial charge is 0.0998 e. The van der Waals surface area contributed by atoms with Crippen LogP contribution in [0.1, 0.15) is 65.7 Å². The summed E-state index contributed by atoms with van der Waals surface area (Å²) >= 11 is 0. The van der Waals surface area contributed by atoms with Crippen LogP contribution in [0.15, 0.2) is 12.2 Å². The molecule has 0 aromatic rings. The Balaban J connectivity index is 0.000000203. The van der Waals surface area contributed by atoms with Crippen LogP contribution >= 0.6 is 0 Å². The highest BCUT2D eigenvalue weighted by molar-refractivity contribution is 5.09. The van der Waals surface area contributed by atoms with Crippen molar-refractivity contribution in [1.82, 2.24) is 0 Å². The van der Waals surface area contributed by atoms with E-state index in [-0.39, 0.29) is 0 Å². The van der Waals surface area contributed by atoms with Crippen molar-refractivity contribution >= 4 is 0 Å². The first kappa shape index (κ1) is 11.8. The van der Waals surface area contributed by atoms with Crippen molar-refractivity contribution in [2.75, 3.05) is 0 Å². The van der Waals surface area contributed by atoms with Gasteiger partial charge in [0.1, 0.15) is 0 Å². The van der Waals surface area contributed by atoms with E-state index in [4.69, 9.17) is 0 Å². The number of hydrogen-bond acceptors (Lipinski definition) is 0. The van der Waals surface area contributed by atoms with Crippen molar-refractivity contribution in [1.29, 1.82) is 0 Å². The van der Waals surface area contributed by atoms with Gasteiger partial charge in [0.15, 0.2) is 0 Å². The highest BCUT2D eigenvalue weighted by Crippen LogP contribution is 2.37. The summed E-state index contributed by atoms with van der Waals surface area (Å²) in [6.07, 6.45) is 9.96. The number of allylic oxidation sites excluding steroid dienone is 1. The smallest absolute Gasteiger partial charge is 0.0286 e. The highest BCUT2D eigenvalue weighted by Gasteiger charge is 2.25. The van der Waals surface area contributed by atoms with Gasteiger partial charge in [-0.25, -0.2) is 0 Å². The van der Waals surface area contributed by atoms with Crippen LogP contribution in [0.5, 0.6) is 0 Å². The molecule has 0 atom stereocenters. The van der Waals surface area contributed by atoms with E-state index in [0.29, 0.717) is 5.41 Å². The Kier molecular flexibility index (Phi) is 4.22. The molecule has 0 heterocycles. The summed E-state index contributed by atoms with van der Waals surface area (Å²) in [5, 5.41) is 0. The summed E-state index contributed by atoms with van der Waals surface area (Å²) in [6, 6.07) is 0. The van der Waals surface area contributed by atoms with Crippen LogP contribution in [0.3, 0.4) is 0 Å². The third kappa shape index (κ3) is 4.83. The maximum atomic E-state index is 3.67. The maximum Gasteiger partial charge on any atom is -0.0286 e. The zero-order valence-corrected chi connectivity index (χ0v) is 10.2. The minimum absolute atomic E-state index is 0.570. The van der Waals surface area contributed by atoms with E-state index in [1.807, 2.05) is 0 Å². The van der Waals surface area contributed by atoms with Gasteiger partial charge >= 0.3 is 0 Å². The highest BCUT2D eigenvalue weighted by atomic mass is 14.3. The molecular formula is C14H26. The van der Waals surface area contributed by atoms with E-state index in [2.05, 4.69) is 27.4 Å². The van der Waals surface area contributed by atoms with Crippen LogP contribution in [0.25, 0.3) is 0 Å². The minimum Gasteiger partial charge on any atom is -0.0998 e. The van der Waals surface area contributed by atoms with Crippen molar-refractivity contribution < 1.29 is 0 Å². The molecule has 0 nitrogen and oxygen atoms in total. The summed E-state index contributed by atoms with van der Waals surface area (Å²) in [6.45, 7) is 10.8. The molecule has 0 unspecified atom stereocenters. The van der Waals surface area contributed by atoms with Crippen molar-refractivity contribution in [3.05, 3.63) is 12.2 Å². The topological polar surface area (TPSA) is 0 Å². The predicted octanol–water partition coefficient (Wildman–Crippen LogP) is 4.95. The van der Waals surface area contributed by atoms with Gasteiger partial charge < -0.3 is 0 Å². The molecule has 0 saturated heterocycles. The van der Waals surface area contributed by atoms with Gasteiger partial charge in [0.2, 0.25) is 0 Å². The Morgan fingerprint density at radius 3 is 1.64 bits per heavy atom. The van der Waals surface area contributed by atoms with Gasteiger partial charge in [-0.2, -0.15) is 0 Å². The number of rotatable bonds is 0. The molecule has 82 valence electrons. The summed E-state index contributed by atoms with van der Waals surface area (Å²) < 4.78 is 0. The van der Waals surface area contributed by atoms with E-state index in [0.717, 1.165) is 5.92 Å². The molecule has 0 heteroatoms. The molecule has 0 bridgehead atoms. The minimum atomic E-state index is 0.570. The van der Waals surface area contributed by atoms with E-state index in [1.165, 1.54) is 50.5 Å². The standard InChI is InChI=1S/C10H20.C4H6/c1-10(2,3)9-7-5-4-6-8-9;1-4-2-3-4/h9H,4-8H2,1-3H3;1-3H2. The average Bonchev–Trinajstić information content (AvgIpc) is 2.89. The van der Waals surface area contributed by atoms with Gasteiger partial charge in [-0.3, -0.25) is 0 Å². The lowest BCUT2D eigenvalue weighted by Crippen LogP contribution is -2.22. The van der Waals surface area contributed by atoms with Crippen molar-refractivity contribution in [2.45, 2.75) is 65.7 Å². The Bertz CT molecular complexity index is 171. The average molecular weight is 194 g/mol. The van der Waals surface area contributed by atoms with E-state index in [9.17, 15) is 0 Å². The summed E-state index contributed by atoms with van der Waals surface area (Å²) in [5.41, 5.74) is 1.99. The fourth-order valence-corrected chi connectivity index (χ4v) is 2.06. The zero-order chi connectivity index (χ0) is 10.6. The fraction of sp³-hybridized carbons (Fsp3) is 0.857. The molecule has 2 rings (SSSR count). The Hall–Kier alpha value is -0.260. The second kappa shape index (κ2) is 5.00. The molecule has 0 spiro atoms. The van der Waals surface area contributed by atoms with Gasteiger partial charge in [0.25, 0.3) is 0 Å². The van der Waals surface area contributed by atoms with Gasteiger partial charge in [-0.1, -0.05) is 52.2 Å². The Labute approximate surface area is 89.8 Å². The lowest BCUT2D eigenvalue weighted by Gasteiger charge is -2.33. The van der Waals surface area contributed by atoms with Crippen LogP contribution in [-0.2, 0) is 0 Å². The molecule has 0 aromatic heterocycles. The van der Waals surface area contributed by atoms with Gasteiger partial charge in [0.05, 0.1) is 0 Å². The second-order valence-corrected chi connectivity index (χ2v) is 5.95. The molecule has 2 fully saturated rings. The first-order valence-electron chi connectivity index (χ1n) is 6.17. The van der Waals surface area contributed by atoms with E-state index < -0.39 is 0 Å². The van der Waals surface area contributed by atoms with Gasteiger partial charge in [0, 0.05) is 0 Å². The monoisotopic (exact) mass is 194 g/mol. The summed E-state index contributed by atoms with van der Waals surface area (Å²) in [7, 11) is 0. The Morgan fingerprint density at radius 2 is 1.43 bits per heavy atom. The molecule has 2 saturated carbocycles. The van der Waals surface area contributed by atoms with Crippen molar-refractivity contribution in [2.24, 2.45) is 11.3 Å². The Morgan fingerprint density at radius 1 is 1.00 bits per heavy atom. The lowest BCUT2D eigenvalue weighted by molar-refractivity contribution is 0.180. The molecule has 0 amide bonds. The summed E-state index contributed by atoms with van der Waals surface area (Å²) in [4.78, 5) is 0. The summed E-state index contributed by atoms with van der Waals surface area (Å²) in [5.74, 6) is 1.00. The lowest BCUT2D eigenvalue weighted by atomic mass is 9.72. The van der Waals surface area contributed by atoms with Crippen LogP contribution < -0.4 is 0 Å². The third-order valence-corrected chi connectivity index (χ3v) is 3.43. The first-order chi connectivity index (χ1) is 6.50. The van der Waals surface area contributed by atoms with Gasteiger partial charge in [-0.15, -0.1) is 0 Å². The third-order valence-electron chi connectivity index (χ3n) is 3.43. The van der Waals surface area contributed by atoms with Gasteiger partial charge in [-0.05, 0) is 37.0 Å². The molecule has 14 heavy (non-hydrogen) atoms. The molecule has 0 radical (unpaired) electrons. The van der Waals surface area contributed by atoms with E-state index in [1.54, 1.807) is 0 Å². The van der Waals surface area contributed by atoms with Crippen LogP contribution in [0.2, 0.25) is 0 Å². The van der Waals surface area contributed by atoms with Crippen molar-refractivity contribution in [3.8, 4) is 0 Å². The zero-order valence-electron chi connectivity index (χ0n) is 10.2. The van der Waals surface area contributed by atoms with Crippen LogP contribution in [0.4, 0.5) is 0 Å². The van der Waals surface area contributed by atoms with E-state index >= 15 is 0 Å². The molecule has 0 N–H and O–H groups in total. The predicted molar refractivity (Wildman–Crippen MR) is 64.4 cm³/mol. The molecule has 0 aromatic carbocycles. The fourth-order valence-electron chi connectivity index (χ4n) is 2.06. The molecular weight excluding hydrogens is 168 g/mol. The quantitative estimate of drug-likeness (QED) is 0.479. The second-order valence-electron chi connectivity index (χ2n) is 5.95. The molecule has 2 aliphatic carbocycles. The van der Waals surface area contributed by atoms with Crippen molar-refractivity contribution in [3.63, 3.8) is 0 Å². The normalized spacial score (nSPS) is 22.6. The van der Waals surface area contributed by atoms with Crippen LogP contribution in [-0.4, -0.2) is 0 Å². The first-order valence-corrected chi connectivity index (χ1v) is 6.17. The molecule has 0 aliphatic heterocycles. The number of hydrogen-bond donors (Lipinski definition) is 0. The molecule has 2 aliphatic rings. The van der Waals surface area contributed by atoms with Crippen LogP contribution in [0, 0.1) is 11.3 Å². The SMILES string of the molecule is C=C1CC1.CC(C)(C)C1CCCCC1.